The standard InChI is InChI=1S/C13H12N4O4S.Na/c14-7-1-3-10(12(5-7)22(19,20)21)15-8-2-4-9-11(6-8)17-13(18)16-9;/h1-6,15H,14H2,(H2,16,17,18)(H,19,20,21);/q;+1/p-1. The van der Waals surface area contributed by atoms with E-state index < -0.39 is 15.0 Å². The quantitative estimate of drug-likeness (QED) is 0.248. The Morgan fingerprint density at radius 3 is 2.43 bits per heavy atom. The van der Waals surface area contributed by atoms with Gasteiger partial charge in [-0.15, -0.1) is 0 Å². The Bertz CT molecular complexity index is 1030. The number of nitrogens with one attached hydrogen (secondary N) is 3. The van der Waals surface area contributed by atoms with E-state index in [1.54, 1.807) is 18.2 Å². The molecule has 3 aromatic rings. The van der Waals surface area contributed by atoms with Crippen LogP contribution in [0.25, 0.3) is 11.0 Å². The molecular weight excluding hydrogens is 331 g/mol. The van der Waals surface area contributed by atoms with Gasteiger partial charge in [-0.25, -0.2) is 13.2 Å². The van der Waals surface area contributed by atoms with Crippen LogP contribution in [0.3, 0.4) is 0 Å². The first-order valence-corrected chi connectivity index (χ1v) is 7.58. The summed E-state index contributed by atoms with van der Waals surface area (Å²) >= 11 is 0. The van der Waals surface area contributed by atoms with Gasteiger partial charge >= 0.3 is 35.2 Å². The van der Waals surface area contributed by atoms with Crippen LogP contribution in [0.4, 0.5) is 17.1 Å². The van der Waals surface area contributed by atoms with Gasteiger partial charge in [0, 0.05) is 11.4 Å². The first-order chi connectivity index (χ1) is 10.3. The van der Waals surface area contributed by atoms with Crippen molar-refractivity contribution in [2.45, 2.75) is 4.90 Å². The van der Waals surface area contributed by atoms with Crippen LogP contribution in [0.15, 0.2) is 46.1 Å². The van der Waals surface area contributed by atoms with E-state index in [0.29, 0.717) is 16.7 Å². The number of aromatic amines is 2. The molecule has 0 aliphatic heterocycles. The van der Waals surface area contributed by atoms with Crippen molar-refractivity contribution in [1.82, 2.24) is 9.97 Å². The number of hydrogen-bond acceptors (Lipinski definition) is 6. The molecule has 2 aromatic carbocycles. The minimum absolute atomic E-state index is 0. The zero-order valence-electron chi connectivity index (χ0n) is 12.1. The molecule has 0 aliphatic carbocycles. The predicted octanol–water partition coefficient (Wildman–Crippen LogP) is -1.91. The maximum absolute atomic E-state index is 11.3. The number of aromatic nitrogens is 2. The second kappa shape index (κ2) is 6.38. The van der Waals surface area contributed by atoms with E-state index in [4.69, 9.17) is 5.73 Å². The molecule has 1 heterocycles. The molecule has 0 spiro atoms. The first-order valence-electron chi connectivity index (χ1n) is 6.17. The van der Waals surface area contributed by atoms with E-state index in [2.05, 4.69) is 15.3 Å². The van der Waals surface area contributed by atoms with Crippen molar-refractivity contribution >= 4 is 38.2 Å². The number of rotatable bonds is 3. The second-order valence-corrected chi connectivity index (χ2v) is 6.02. The van der Waals surface area contributed by atoms with Crippen LogP contribution in [0.5, 0.6) is 0 Å². The molecule has 0 radical (unpaired) electrons. The minimum atomic E-state index is -4.67. The molecule has 0 amide bonds. The summed E-state index contributed by atoms with van der Waals surface area (Å²) in [6, 6.07) is 8.89. The third kappa shape index (κ3) is 3.77. The molecule has 1 aromatic heterocycles. The van der Waals surface area contributed by atoms with Crippen molar-refractivity contribution in [1.29, 1.82) is 0 Å². The summed E-state index contributed by atoms with van der Waals surface area (Å²) in [5.41, 5.74) is 7.14. The first kappa shape index (κ1) is 17.6. The fourth-order valence-electron chi connectivity index (χ4n) is 2.11. The summed E-state index contributed by atoms with van der Waals surface area (Å²) in [7, 11) is -4.67. The maximum atomic E-state index is 11.3. The topological polar surface area (TPSA) is 144 Å². The molecule has 114 valence electrons. The Morgan fingerprint density at radius 2 is 1.74 bits per heavy atom. The average Bonchev–Trinajstić information content (AvgIpc) is 2.79. The van der Waals surface area contributed by atoms with Crippen LogP contribution in [-0.2, 0) is 10.1 Å². The van der Waals surface area contributed by atoms with Crippen LogP contribution in [0.1, 0.15) is 0 Å². The predicted molar refractivity (Wildman–Crippen MR) is 81.0 cm³/mol. The van der Waals surface area contributed by atoms with Gasteiger partial charge in [0.25, 0.3) is 0 Å². The SMILES string of the molecule is Nc1ccc(Nc2ccc3[nH]c(=O)[nH]c3c2)c(S(=O)(=O)[O-])c1.[Na+]. The number of hydrogen-bond donors (Lipinski definition) is 4. The molecular formula is C13H11N4NaO4S. The average molecular weight is 342 g/mol. The Hall–Kier alpha value is -1.78. The largest absolute Gasteiger partial charge is 1.00 e. The molecule has 23 heavy (non-hydrogen) atoms. The van der Waals surface area contributed by atoms with Crippen molar-refractivity contribution in [3.05, 3.63) is 46.9 Å². The Morgan fingerprint density at radius 1 is 1.04 bits per heavy atom. The van der Waals surface area contributed by atoms with E-state index in [1.807, 2.05) is 0 Å². The van der Waals surface area contributed by atoms with Gasteiger partial charge in [-0.3, -0.25) is 0 Å². The van der Waals surface area contributed by atoms with Gasteiger partial charge in [-0.1, -0.05) is 0 Å². The molecule has 0 unspecified atom stereocenters. The summed E-state index contributed by atoms with van der Waals surface area (Å²) < 4.78 is 33.9. The van der Waals surface area contributed by atoms with Crippen molar-refractivity contribution in [3.8, 4) is 0 Å². The Kier molecular flexibility index (Phi) is 4.87. The summed E-state index contributed by atoms with van der Waals surface area (Å²) in [6.07, 6.45) is 0. The number of imidazole rings is 1. The van der Waals surface area contributed by atoms with Crippen LogP contribution < -0.4 is 46.3 Å². The van der Waals surface area contributed by atoms with Gasteiger partial charge in [-0.05, 0) is 36.4 Å². The number of nitrogens with two attached hydrogens (primary N) is 1. The number of H-pyrrole nitrogens is 2. The maximum Gasteiger partial charge on any atom is 1.00 e. The van der Waals surface area contributed by atoms with Crippen molar-refractivity contribution < 1.29 is 42.5 Å². The third-order valence-electron chi connectivity index (χ3n) is 3.07. The molecule has 10 heteroatoms. The van der Waals surface area contributed by atoms with Crippen molar-refractivity contribution in [3.63, 3.8) is 0 Å². The second-order valence-electron chi connectivity index (χ2n) is 4.67. The zero-order valence-corrected chi connectivity index (χ0v) is 14.9. The summed E-state index contributed by atoms with van der Waals surface area (Å²) in [5, 5.41) is 2.84. The Balaban J connectivity index is 0.00000192. The van der Waals surface area contributed by atoms with Crippen LogP contribution in [-0.4, -0.2) is 22.9 Å². The van der Waals surface area contributed by atoms with Gasteiger partial charge in [0.05, 0.1) is 21.6 Å². The molecule has 0 bridgehead atoms. The molecule has 3 rings (SSSR count). The third-order valence-corrected chi connectivity index (χ3v) is 3.95. The monoisotopic (exact) mass is 342 g/mol. The minimum Gasteiger partial charge on any atom is -0.744 e. The molecule has 5 N–H and O–H groups in total. The summed E-state index contributed by atoms with van der Waals surface area (Å²) in [4.78, 5) is 16.0. The van der Waals surface area contributed by atoms with Crippen molar-refractivity contribution in [2.75, 3.05) is 11.1 Å². The smallest absolute Gasteiger partial charge is 0.744 e. The van der Waals surface area contributed by atoms with Crippen molar-refractivity contribution in [2.24, 2.45) is 0 Å². The molecule has 0 saturated heterocycles. The number of fused-ring (bicyclic) bond motifs is 1. The van der Waals surface area contributed by atoms with E-state index >= 15 is 0 Å². The zero-order chi connectivity index (χ0) is 15.9. The molecule has 0 atom stereocenters. The molecule has 0 fully saturated rings. The molecule has 8 nitrogen and oxygen atoms in total. The fourth-order valence-corrected chi connectivity index (χ4v) is 2.78. The van der Waals surface area contributed by atoms with Gasteiger partial charge in [0.15, 0.2) is 0 Å². The summed E-state index contributed by atoms with van der Waals surface area (Å²) in [5.74, 6) is 0. The Labute approximate surface area is 153 Å². The fraction of sp³-hybridized carbons (Fsp3) is 0. The summed E-state index contributed by atoms with van der Waals surface area (Å²) in [6.45, 7) is 0. The van der Waals surface area contributed by atoms with E-state index in [1.165, 1.54) is 12.1 Å². The van der Waals surface area contributed by atoms with Crippen LogP contribution in [0, 0.1) is 0 Å². The van der Waals surface area contributed by atoms with E-state index in [-0.39, 0.29) is 46.6 Å². The molecule has 0 saturated carbocycles. The number of nitrogen functional groups attached to an aromatic ring is 1. The van der Waals surface area contributed by atoms with Crippen LogP contribution >= 0.6 is 0 Å². The molecule has 0 aliphatic rings. The normalized spacial score (nSPS) is 11.2. The number of anilines is 3. The van der Waals surface area contributed by atoms with E-state index in [0.717, 1.165) is 6.07 Å². The van der Waals surface area contributed by atoms with E-state index in [9.17, 15) is 17.8 Å². The van der Waals surface area contributed by atoms with Gasteiger partial charge in [0.2, 0.25) is 0 Å². The van der Waals surface area contributed by atoms with Gasteiger partial charge in [-0.2, -0.15) is 0 Å². The van der Waals surface area contributed by atoms with Gasteiger partial charge in [0.1, 0.15) is 10.1 Å². The van der Waals surface area contributed by atoms with Gasteiger partial charge < -0.3 is 25.6 Å². The van der Waals surface area contributed by atoms with Crippen LogP contribution in [0.2, 0.25) is 0 Å². The number of benzene rings is 2.